The largest absolute Gasteiger partial charge is 0.277 e. The molecule has 0 aromatic carbocycles. The Morgan fingerprint density at radius 1 is 0.633 bits per heavy atom. The average molecular weight is 447 g/mol. The molecule has 0 aliphatic carbocycles. The molecule has 2 atom stereocenters. The van der Waals surface area contributed by atoms with E-state index in [1.54, 1.807) is 0 Å². The van der Waals surface area contributed by atoms with E-state index in [0.29, 0.717) is 0 Å². The Morgan fingerprint density at radius 2 is 1.00 bits per heavy atom. The molecule has 0 N–H and O–H groups in total. The minimum Gasteiger partial charge on any atom is -0.270 e. The van der Waals surface area contributed by atoms with Crippen molar-refractivity contribution in [2.24, 2.45) is 11.8 Å². The lowest BCUT2D eigenvalue weighted by Crippen LogP contribution is -2.28. The van der Waals surface area contributed by atoms with Gasteiger partial charge >= 0.3 is 0 Å². The van der Waals surface area contributed by atoms with Crippen molar-refractivity contribution >= 4 is 21.9 Å². The van der Waals surface area contributed by atoms with E-state index < -0.39 is 16.1 Å². The maximum atomic E-state index is 12.4. The molecule has 30 heavy (non-hydrogen) atoms. The molecule has 172 valence electrons. The van der Waals surface area contributed by atoms with Crippen LogP contribution in [0.4, 0.5) is 0 Å². The highest BCUT2D eigenvalue weighted by Gasteiger charge is 2.24. The maximum absolute atomic E-state index is 12.4. The molecule has 0 rings (SSSR count). The topological polar surface area (TPSA) is 17.1 Å². The summed E-state index contributed by atoms with van der Waals surface area (Å²) in [7, 11) is -3.36. The molecule has 0 bridgehead atoms. The van der Waals surface area contributed by atoms with Crippen LogP contribution < -0.4 is 0 Å². The lowest BCUT2D eigenvalue weighted by atomic mass is 9.99. The minimum atomic E-state index is -1.68. The van der Waals surface area contributed by atoms with Crippen LogP contribution in [-0.4, -0.2) is 21.9 Å². The fourth-order valence-corrected chi connectivity index (χ4v) is 9.34. The molecule has 0 saturated carbocycles. The fourth-order valence-electron chi connectivity index (χ4n) is 4.53. The number of hydrogen-bond donors (Lipinski definition) is 0. The van der Waals surface area contributed by atoms with E-state index in [4.69, 9.17) is 0 Å². The second-order valence-corrected chi connectivity index (χ2v) is 19.5. The lowest BCUT2D eigenvalue weighted by molar-refractivity contribution is -0.108. The Bertz CT molecular complexity index is 546. The molecule has 2 unspecified atom stereocenters. The number of ketones is 1. The van der Waals surface area contributed by atoms with E-state index in [2.05, 4.69) is 76.8 Å². The van der Waals surface area contributed by atoms with Crippen LogP contribution in [0.15, 0.2) is 0 Å². The van der Waals surface area contributed by atoms with Gasteiger partial charge in [0, 0.05) is 0 Å². The second kappa shape index (κ2) is 15.9. The molecule has 0 aliphatic heterocycles. The van der Waals surface area contributed by atoms with Crippen molar-refractivity contribution in [3.63, 3.8) is 0 Å². The van der Waals surface area contributed by atoms with Gasteiger partial charge in [0.2, 0.25) is 0 Å². The van der Waals surface area contributed by atoms with E-state index in [1.807, 2.05) is 0 Å². The van der Waals surface area contributed by atoms with Crippen LogP contribution in [-0.2, 0) is 4.79 Å². The van der Waals surface area contributed by atoms with Gasteiger partial charge in [-0.05, 0) is 35.8 Å². The second-order valence-electron chi connectivity index (χ2n) is 10.6. The smallest absolute Gasteiger partial charge is 0.270 e. The summed E-state index contributed by atoms with van der Waals surface area (Å²) in [5, 5.41) is 0. The predicted octanol–water partition coefficient (Wildman–Crippen LogP) is 8.27. The Labute approximate surface area is 191 Å². The van der Waals surface area contributed by atoms with Gasteiger partial charge in [-0.1, -0.05) is 118 Å². The van der Waals surface area contributed by atoms with E-state index in [9.17, 15) is 4.79 Å². The van der Waals surface area contributed by atoms with E-state index in [0.717, 1.165) is 11.8 Å². The molecule has 0 aromatic heterocycles. The van der Waals surface area contributed by atoms with Crippen LogP contribution in [0.1, 0.15) is 91.9 Å². The first-order chi connectivity index (χ1) is 14.1. The first kappa shape index (κ1) is 29.2. The number of carbonyl (C=O) groups is 1. The zero-order valence-electron chi connectivity index (χ0n) is 21.5. The van der Waals surface area contributed by atoms with Crippen LogP contribution in [0.2, 0.25) is 38.3 Å². The first-order valence-electron chi connectivity index (χ1n) is 12.7. The Kier molecular flexibility index (Phi) is 15.5. The van der Waals surface area contributed by atoms with Gasteiger partial charge in [-0.15, -0.1) is 11.1 Å². The SMILES string of the molecule is CCCCC(CCC)C[Si](C)(C)C#CC(=O)C#C[Si](C)(C)CC(CCC)CCCC. The average Bonchev–Trinajstić information content (AvgIpc) is 2.67. The summed E-state index contributed by atoms with van der Waals surface area (Å²) in [6.45, 7) is 18.3. The van der Waals surface area contributed by atoms with Crippen LogP contribution in [0.3, 0.4) is 0 Å². The van der Waals surface area contributed by atoms with Gasteiger partial charge in [-0.25, -0.2) is 0 Å². The fraction of sp³-hybridized carbons (Fsp3) is 0.815. The van der Waals surface area contributed by atoms with Crippen molar-refractivity contribution in [3.8, 4) is 22.9 Å². The van der Waals surface area contributed by atoms with Gasteiger partial charge in [-0.2, -0.15) is 0 Å². The first-order valence-corrected chi connectivity index (χ1v) is 19.1. The van der Waals surface area contributed by atoms with Gasteiger partial charge in [0.25, 0.3) is 5.78 Å². The quantitative estimate of drug-likeness (QED) is 0.194. The predicted molar refractivity (Wildman–Crippen MR) is 141 cm³/mol. The number of unbranched alkanes of at least 4 members (excludes halogenated alkanes) is 2. The van der Waals surface area contributed by atoms with E-state index in [-0.39, 0.29) is 5.78 Å². The molecule has 0 saturated heterocycles. The number of carbonyl (C=O) groups excluding carboxylic acids is 1. The van der Waals surface area contributed by atoms with Gasteiger partial charge in [0.15, 0.2) is 0 Å². The number of rotatable bonds is 14. The van der Waals surface area contributed by atoms with Crippen molar-refractivity contribution < 1.29 is 4.79 Å². The maximum Gasteiger partial charge on any atom is 0.277 e. The third-order valence-electron chi connectivity index (χ3n) is 5.95. The summed E-state index contributed by atoms with van der Waals surface area (Å²) < 4.78 is 0. The third kappa shape index (κ3) is 15.1. The van der Waals surface area contributed by atoms with Crippen molar-refractivity contribution in [1.29, 1.82) is 0 Å². The summed E-state index contributed by atoms with van der Waals surface area (Å²) in [6.07, 6.45) is 12.8. The molecule has 0 amide bonds. The molecule has 0 fully saturated rings. The summed E-state index contributed by atoms with van der Waals surface area (Å²) in [6, 6.07) is 2.43. The van der Waals surface area contributed by atoms with Gasteiger partial charge in [-0.3, -0.25) is 4.79 Å². The number of hydrogen-bond acceptors (Lipinski definition) is 1. The molecule has 0 aliphatic rings. The zero-order valence-corrected chi connectivity index (χ0v) is 23.5. The van der Waals surface area contributed by atoms with Crippen LogP contribution in [0.5, 0.6) is 0 Å². The van der Waals surface area contributed by atoms with Gasteiger partial charge < -0.3 is 0 Å². The van der Waals surface area contributed by atoms with Gasteiger partial charge in [0.1, 0.15) is 16.1 Å². The third-order valence-corrected chi connectivity index (χ3v) is 10.8. The summed E-state index contributed by atoms with van der Waals surface area (Å²) in [4.78, 5) is 12.4. The standard InChI is InChI=1S/C27H50OSi2/c1-9-13-17-25(15-11-3)23-29(5,6)21-19-27(28)20-22-30(7,8)24-26(16-12-4)18-14-10-2/h25-26H,9-18,23-24H2,1-8H3. The minimum absolute atomic E-state index is 0.155. The highest BCUT2D eigenvalue weighted by atomic mass is 28.3. The molecule has 1 nitrogen and oxygen atoms in total. The van der Waals surface area contributed by atoms with E-state index in [1.165, 1.54) is 76.3 Å². The highest BCUT2D eigenvalue weighted by molar-refractivity contribution is 6.86. The Hall–Kier alpha value is -0.776. The summed E-state index contributed by atoms with van der Waals surface area (Å²) in [5.41, 5.74) is 6.80. The monoisotopic (exact) mass is 446 g/mol. The molecule has 0 radical (unpaired) electrons. The molecular formula is C27H50OSi2. The summed E-state index contributed by atoms with van der Waals surface area (Å²) >= 11 is 0. The number of Topliss-reactive ketones (excluding diaryl/α,β-unsaturated/α-hetero) is 1. The summed E-state index contributed by atoms with van der Waals surface area (Å²) in [5.74, 6) is 7.26. The molecule has 0 heterocycles. The zero-order chi connectivity index (χ0) is 23.0. The van der Waals surface area contributed by atoms with Crippen molar-refractivity contribution in [2.45, 2.75) is 130 Å². The Morgan fingerprint density at radius 3 is 1.30 bits per heavy atom. The normalized spacial score (nSPS) is 13.6. The van der Waals surface area contributed by atoms with Crippen LogP contribution in [0.25, 0.3) is 0 Å². The Balaban J connectivity index is 4.99. The molecular weight excluding hydrogens is 396 g/mol. The molecule has 3 heteroatoms. The lowest BCUT2D eigenvalue weighted by Gasteiger charge is -2.23. The van der Waals surface area contributed by atoms with Crippen molar-refractivity contribution in [2.75, 3.05) is 0 Å². The van der Waals surface area contributed by atoms with Crippen LogP contribution in [0, 0.1) is 34.8 Å². The van der Waals surface area contributed by atoms with Crippen LogP contribution >= 0.6 is 0 Å². The van der Waals surface area contributed by atoms with Crippen molar-refractivity contribution in [1.82, 2.24) is 0 Å². The molecule has 0 spiro atoms. The van der Waals surface area contributed by atoms with Gasteiger partial charge in [0.05, 0.1) is 0 Å². The molecule has 0 aromatic rings. The highest BCUT2D eigenvalue weighted by Crippen LogP contribution is 2.26. The van der Waals surface area contributed by atoms with Crippen molar-refractivity contribution in [3.05, 3.63) is 0 Å². The van der Waals surface area contributed by atoms with E-state index >= 15 is 0 Å².